The Labute approximate surface area is 151 Å². The zero-order valence-electron chi connectivity index (χ0n) is 13.9. The molecular formula is C17H18ClN3O3S. The lowest BCUT2D eigenvalue weighted by Crippen LogP contribution is -2.34. The number of fused-ring (bicyclic) bond motifs is 1. The van der Waals surface area contributed by atoms with Crippen LogP contribution in [0, 0.1) is 0 Å². The molecule has 25 heavy (non-hydrogen) atoms. The van der Waals surface area contributed by atoms with Crippen LogP contribution in [0.5, 0.6) is 5.75 Å². The summed E-state index contributed by atoms with van der Waals surface area (Å²) in [4.78, 5) is 7.34. The van der Waals surface area contributed by atoms with E-state index in [2.05, 4.69) is 9.97 Å². The Kier molecular flexibility index (Phi) is 4.99. The van der Waals surface area contributed by atoms with Crippen LogP contribution < -0.4 is 4.18 Å². The molecule has 0 bridgehead atoms. The number of hydrogen-bond donors (Lipinski definition) is 1. The number of nitrogens with one attached hydrogen (secondary N) is 1. The smallest absolute Gasteiger partial charge is 0.369 e. The predicted octanol–water partition coefficient (Wildman–Crippen LogP) is 3.85. The molecule has 0 aliphatic carbocycles. The van der Waals surface area contributed by atoms with Crippen molar-refractivity contribution in [1.29, 1.82) is 0 Å². The van der Waals surface area contributed by atoms with Crippen molar-refractivity contribution in [3.8, 4) is 17.0 Å². The van der Waals surface area contributed by atoms with Crippen molar-refractivity contribution in [3.63, 3.8) is 0 Å². The van der Waals surface area contributed by atoms with Gasteiger partial charge in [0.25, 0.3) is 0 Å². The first kappa shape index (κ1) is 17.7. The molecule has 2 aromatic heterocycles. The lowest BCUT2D eigenvalue weighted by molar-refractivity contribution is 0.376. The highest BCUT2D eigenvalue weighted by atomic mass is 35.5. The zero-order chi connectivity index (χ0) is 18.0. The number of nitrogens with zero attached hydrogens (tertiary/aromatic N) is 2. The molecule has 0 spiro atoms. The fourth-order valence-electron chi connectivity index (χ4n) is 2.58. The average Bonchev–Trinajstić information content (AvgIpc) is 2.98. The number of halogens is 1. The van der Waals surface area contributed by atoms with E-state index in [4.69, 9.17) is 15.8 Å². The number of benzene rings is 1. The minimum absolute atomic E-state index is 0.168. The molecule has 8 heteroatoms. The number of aromatic nitrogens is 2. The van der Waals surface area contributed by atoms with E-state index in [-0.39, 0.29) is 5.75 Å². The normalized spacial score (nSPS) is 12.0. The molecule has 0 radical (unpaired) electrons. The molecule has 6 nitrogen and oxygen atoms in total. The predicted molar refractivity (Wildman–Crippen MR) is 99.0 cm³/mol. The van der Waals surface area contributed by atoms with Gasteiger partial charge in [-0.15, -0.1) is 0 Å². The van der Waals surface area contributed by atoms with E-state index in [1.165, 1.54) is 10.5 Å². The van der Waals surface area contributed by atoms with Gasteiger partial charge in [-0.05, 0) is 24.3 Å². The van der Waals surface area contributed by atoms with Gasteiger partial charge in [-0.1, -0.05) is 31.5 Å². The molecule has 0 atom stereocenters. The van der Waals surface area contributed by atoms with Gasteiger partial charge in [-0.25, -0.2) is 0 Å². The van der Waals surface area contributed by atoms with Gasteiger partial charge in [0.05, 0.1) is 6.20 Å². The average molecular weight is 380 g/mol. The molecular weight excluding hydrogens is 362 g/mol. The summed E-state index contributed by atoms with van der Waals surface area (Å²) in [5, 5.41) is 1.64. The molecule has 0 aliphatic heterocycles. The fourth-order valence-corrected chi connectivity index (χ4v) is 3.82. The molecule has 2 heterocycles. The van der Waals surface area contributed by atoms with E-state index in [1.807, 2.05) is 24.3 Å². The number of hydrogen-bond acceptors (Lipinski definition) is 4. The monoisotopic (exact) mass is 379 g/mol. The highest BCUT2D eigenvalue weighted by Gasteiger charge is 2.21. The summed E-state index contributed by atoms with van der Waals surface area (Å²) in [6.45, 7) is 4.20. The molecule has 0 saturated heterocycles. The van der Waals surface area contributed by atoms with Crippen LogP contribution in [0.2, 0.25) is 5.02 Å². The molecule has 0 saturated carbocycles. The van der Waals surface area contributed by atoms with E-state index in [9.17, 15) is 8.42 Å². The third-order valence-electron chi connectivity index (χ3n) is 3.83. The standard InChI is InChI=1S/C17H18ClN3O3S/c1-3-21(4-2)25(22,23)24-15-7-13(10-19-11-15)16-8-12-5-6-14(18)9-17(12)20-16/h5-11,20H,3-4H2,1-2H3. The molecule has 132 valence electrons. The van der Waals surface area contributed by atoms with Gasteiger partial charge >= 0.3 is 10.3 Å². The Morgan fingerprint density at radius 1 is 1.16 bits per heavy atom. The Morgan fingerprint density at radius 3 is 2.64 bits per heavy atom. The number of aromatic amines is 1. The van der Waals surface area contributed by atoms with Gasteiger partial charge in [0.2, 0.25) is 0 Å². The van der Waals surface area contributed by atoms with E-state index < -0.39 is 10.3 Å². The number of pyridine rings is 1. The van der Waals surface area contributed by atoms with Crippen molar-refractivity contribution in [2.24, 2.45) is 0 Å². The summed E-state index contributed by atoms with van der Waals surface area (Å²) in [6.07, 6.45) is 3.02. The molecule has 0 unspecified atom stereocenters. The number of rotatable bonds is 6. The second kappa shape index (κ2) is 7.03. The minimum atomic E-state index is -3.84. The van der Waals surface area contributed by atoms with Gasteiger partial charge in [-0.3, -0.25) is 4.98 Å². The Bertz CT molecular complexity index is 997. The first-order valence-electron chi connectivity index (χ1n) is 7.86. The lowest BCUT2D eigenvalue weighted by Gasteiger charge is -2.17. The first-order chi connectivity index (χ1) is 11.9. The second-order valence-corrected chi connectivity index (χ2v) is 7.42. The molecule has 0 fully saturated rings. The van der Waals surface area contributed by atoms with Crippen molar-refractivity contribution < 1.29 is 12.6 Å². The first-order valence-corrected chi connectivity index (χ1v) is 9.60. The summed E-state index contributed by atoms with van der Waals surface area (Å²) < 4.78 is 30.9. The summed E-state index contributed by atoms with van der Waals surface area (Å²) in [5.74, 6) is 0.168. The van der Waals surface area contributed by atoms with Crippen molar-refractivity contribution in [1.82, 2.24) is 14.3 Å². The fraction of sp³-hybridized carbons (Fsp3) is 0.235. The van der Waals surface area contributed by atoms with Crippen molar-refractivity contribution in [3.05, 3.63) is 47.7 Å². The molecule has 3 aromatic rings. The van der Waals surface area contributed by atoms with Gasteiger partial charge in [-0.2, -0.15) is 12.7 Å². The second-order valence-electron chi connectivity index (χ2n) is 5.45. The topological polar surface area (TPSA) is 75.3 Å². The van der Waals surface area contributed by atoms with Crippen LogP contribution in [0.25, 0.3) is 22.2 Å². The van der Waals surface area contributed by atoms with Crippen LogP contribution in [0.1, 0.15) is 13.8 Å². The van der Waals surface area contributed by atoms with E-state index in [0.717, 1.165) is 22.2 Å². The molecule has 1 aromatic carbocycles. The molecule has 1 N–H and O–H groups in total. The third-order valence-corrected chi connectivity index (χ3v) is 5.62. The van der Waals surface area contributed by atoms with Crippen LogP contribution in [0.4, 0.5) is 0 Å². The maximum Gasteiger partial charge on any atom is 0.385 e. The van der Waals surface area contributed by atoms with Gasteiger partial charge in [0.15, 0.2) is 5.75 Å². The Morgan fingerprint density at radius 2 is 1.92 bits per heavy atom. The van der Waals surface area contributed by atoms with Crippen molar-refractivity contribution >= 4 is 32.8 Å². The summed E-state index contributed by atoms with van der Waals surface area (Å²) in [7, 11) is -3.84. The molecule has 0 amide bonds. The van der Waals surface area contributed by atoms with Crippen LogP contribution in [-0.4, -0.2) is 35.8 Å². The third kappa shape index (κ3) is 3.78. The largest absolute Gasteiger partial charge is 0.385 e. The lowest BCUT2D eigenvalue weighted by atomic mass is 10.2. The van der Waals surface area contributed by atoms with E-state index in [1.54, 1.807) is 26.1 Å². The van der Waals surface area contributed by atoms with Crippen LogP contribution in [0.3, 0.4) is 0 Å². The van der Waals surface area contributed by atoms with Gasteiger partial charge in [0, 0.05) is 46.5 Å². The van der Waals surface area contributed by atoms with Gasteiger partial charge < -0.3 is 9.17 Å². The quantitative estimate of drug-likeness (QED) is 0.705. The maximum atomic E-state index is 12.2. The minimum Gasteiger partial charge on any atom is -0.369 e. The van der Waals surface area contributed by atoms with Crippen molar-refractivity contribution in [2.45, 2.75) is 13.8 Å². The Hall–Kier alpha value is -2.09. The van der Waals surface area contributed by atoms with Crippen molar-refractivity contribution in [2.75, 3.05) is 13.1 Å². The highest BCUT2D eigenvalue weighted by Crippen LogP contribution is 2.28. The molecule has 3 rings (SSSR count). The Balaban J connectivity index is 1.93. The van der Waals surface area contributed by atoms with Crippen LogP contribution >= 0.6 is 11.6 Å². The summed E-state index contributed by atoms with van der Waals surface area (Å²) in [6, 6.07) is 9.15. The molecule has 0 aliphatic rings. The zero-order valence-corrected chi connectivity index (χ0v) is 15.4. The highest BCUT2D eigenvalue weighted by molar-refractivity contribution is 7.84. The summed E-state index contributed by atoms with van der Waals surface area (Å²) >= 11 is 6.01. The van der Waals surface area contributed by atoms with E-state index in [0.29, 0.717) is 18.1 Å². The van der Waals surface area contributed by atoms with E-state index >= 15 is 0 Å². The van der Waals surface area contributed by atoms with Crippen LogP contribution in [0.15, 0.2) is 42.7 Å². The van der Waals surface area contributed by atoms with Crippen LogP contribution in [-0.2, 0) is 10.3 Å². The number of H-pyrrole nitrogens is 1. The maximum absolute atomic E-state index is 12.2. The van der Waals surface area contributed by atoms with Gasteiger partial charge in [0.1, 0.15) is 0 Å². The summed E-state index contributed by atoms with van der Waals surface area (Å²) in [5.41, 5.74) is 2.42. The SMILES string of the molecule is CCN(CC)S(=O)(=O)Oc1cncc(-c2cc3ccc(Cl)cc3[nH]2)c1.